The molecule has 3 rings (SSSR count). The van der Waals surface area contributed by atoms with E-state index >= 15 is 0 Å². The second kappa shape index (κ2) is 16.2. The highest BCUT2D eigenvalue weighted by atomic mass is 16.6. The number of aromatic amines is 1. The Balaban J connectivity index is 1.23. The van der Waals surface area contributed by atoms with Crippen LogP contribution in [0, 0.1) is 0 Å². The molecule has 0 radical (unpaired) electrons. The van der Waals surface area contributed by atoms with Crippen molar-refractivity contribution in [3.8, 4) is 0 Å². The third-order valence-electron chi connectivity index (χ3n) is 6.50. The van der Waals surface area contributed by atoms with E-state index in [-0.39, 0.29) is 18.2 Å². The maximum Gasteiger partial charge on any atom is 0.407 e. The van der Waals surface area contributed by atoms with Gasteiger partial charge >= 0.3 is 12.1 Å². The number of allylic oxidation sites excluding steroid dienone is 2. The predicted molar refractivity (Wildman–Crippen MR) is 144 cm³/mol. The van der Waals surface area contributed by atoms with Crippen LogP contribution in [-0.2, 0) is 31.9 Å². The molecule has 212 valence electrons. The number of carbonyl (C=O) groups is 4. The van der Waals surface area contributed by atoms with E-state index in [0.717, 1.165) is 75.1 Å². The average Bonchev–Trinajstić information content (AvgIpc) is 2.90. The molecule has 39 heavy (non-hydrogen) atoms. The van der Waals surface area contributed by atoms with Gasteiger partial charge in [0.05, 0.1) is 0 Å². The fourth-order valence-electron chi connectivity index (χ4n) is 4.42. The van der Waals surface area contributed by atoms with Gasteiger partial charge < -0.3 is 30.4 Å². The van der Waals surface area contributed by atoms with Gasteiger partial charge in [-0.15, -0.1) is 0 Å². The van der Waals surface area contributed by atoms with E-state index in [1.165, 1.54) is 6.08 Å². The highest BCUT2D eigenvalue weighted by Crippen LogP contribution is 2.18. The lowest BCUT2D eigenvalue weighted by atomic mass is 9.95. The Kier molecular flexibility index (Phi) is 12.3. The van der Waals surface area contributed by atoms with Gasteiger partial charge in [-0.1, -0.05) is 18.2 Å². The summed E-state index contributed by atoms with van der Waals surface area (Å²) >= 11 is 0. The van der Waals surface area contributed by atoms with Gasteiger partial charge in [-0.05, 0) is 75.8 Å². The highest BCUT2D eigenvalue weighted by Gasteiger charge is 2.17. The van der Waals surface area contributed by atoms with E-state index in [0.29, 0.717) is 19.5 Å². The largest absolute Gasteiger partial charge is 0.452 e. The molecule has 0 saturated heterocycles. The van der Waals surface area contributed by atoms with Crippen LogP contribution in [0.4, 0.5) is 4.79 Å². The molecule has 11 nitrogen and oxygen atoms in total. The summed E-state index contributed by atoms with van der Waals surface area (Å²) in [4.78, 5) is 62.9. The molecule has 1 unspecified atom stereocenters. The Bertz CT molecular complexity index is 1130. The lowest BCUT2D eigenvalue weighted by molar-refractivity contribution is -0.143. The number of amides is 3. The number of pyridine rings is 1. The van der Waals surface area contributed by atoms with Crippen molar-refractivity contribution in [1.29, 1.82) is 0 Å². The third-order valence-corrected chi connectivity index (χ3v) is 6.50. The number of nitrogens with one attached hydrogen (secondary N) is 4. The van der Waals surface area contributed by atoms with Crippen LogP contribution in [0.1, 0.15) is 73.0 Å². The van der Waals surface area contributed by atoms with E-state index in [4.69, 9.17) is 9.47 Å². The molecule has 0 spiro atoms. The predicted octanol–water partition coefficient (Wildman–Crippen LogP) is 2.20. The molecule has 1 heterocycles. The molecule has 2 aliphatic rings. The zero-order chi connectivity index (χ0) is 27.9. The van der Waals surface area contributed by atoms with Gasteiger partial charge in [0, 0.05) is 31.4 Å². The summed E-state index contributed by atoms with van der Waals surface area (Å²) in [7, 11) is 0. The lowest BCUT2D eigenvalue weighted by Crippen LogP contribution is -2.33. The first-order chi connectivity index (χ1) is 18.9. The van der Waals surface area contributed by atoms with Crippen molar-refractivity contribution in [2.75, 3.05) is 26.2 Å². The molecular formula is C28H38N4O7. The number of fused-ring (bicyclic) bond motifs is 1. The number of hydrogen-bond acceptors (Lipinski definition) is 7. The number of esters is 1. The Morgan fingerprint density at radius 1 is 0.974 bits per heavy atom. The van der Waals surface area contributed by atoms with Crippen molar-refractivity contribution >= 4 is 23.9 Å². The summed E-state index contributed by atoms with van der Waals surface area (Å²) in [6, 6.07) is 1.64. The molecule has 0 aliphatic heterocycles. The minimum atomic E-state index is -0.736. The number of aromatic nitrogens is 1. The maximum atomic E-state index is 12.3. The number of rotatable bonds is 11. The van der Waals surface area contributed by atoms with Crippen molar-refractivity contribution in [3.05, 3.63) is 57.5 Å². The molecule has 3 amide bonds. The summed E-state index contributed by atoms with van der Waals surface area (Å²) in [5.74, 6) is -1.73. The molecule has 1 aromatic rings. The second-order valence-corrected chi connectivity index (χ2v) is 9.58. The monoisotopic (exact) mass is 542 g/mol. The Morgan fingerprint density at radius 3 is 2.64 bits per heavy atom. The number of hydrogen-bond donors (Lipinski definition) is 4. The SMILES string of the molecule is O=C(COC(=O)C=CCNC(=O)c1cc2c([nH]c1=O)CCCC2)NCCCNC(=O)OC1CCC=CCCC1. The number of aryl methyl sites for hydroxylation is 2. The number of ether oxygens (including phenoxy) is 2. The molecular weight excluding hydrogens is 504 g/mol. The number of H-pyrrole nitrogens is 1. The first-order valence-corrected chi connectivity index (χ1v) is 13.6. The Morgan fingerprint density at radius 2 is 1.77 bits per heavy atom. The zero-order valence-electron chi connectivity index (χ0n) is 22.2. The molecule has 0 aromatic carbocycles. The molecule has 0 fully saturated rings. The van der Waals surface area contributed by atoms with Crippen LogP contribution in [0.2, 0.25) is 0 Å². The standard InChI is InChI=1S/C28H38N4O7/c33-24(29-16-9-17-31-28(37)39-21-11-4-2-1-3-5-12-21)19-38-25(34)14-8-15-30-26(35)22-18-20-10-6-7-13-23(20)32-27(22)36/h1-2,8,14,18,21H,3-7,9-13,15-17,19H2,(H,29,33)(H,30,35)(H,31,37)(H,32,36). The number of carbonyl (C=O) groups excluding carboxylic acids is 4. The van der Waals surface area contributed by atoms with Crippen molar-refractivity contribution in [2.45, 2.75) is 70.3 Å². The van der Waals surface area contributed by atoms with Gasteiger partial charge in [-0.3, -0.25) is 14.4 Å². The van der Waals surface area contributed by atoms with E-state index < -0.39 is 36.0 Å². The molecule has 0 bridgehead atoms. The minimum Gasteiger partial charge on any atom is -0.452 e. The minimum absolute atomic E-state index is 0.0177. The van der Waals surface area contributed by atoms with Crippen molar-refractivity contribution in [3.63, 3.8) is 0 Å². The van der Waals surface area contributed by atoms with E-state index in [1.807, 2.05) is 0 Å². The molecule has 1 atom stereocenters. The van der Waals surface area contributed by atoms with Gasteiger partial charge in [0.2, 0.25) is 0 Å². The van der Waals surface area contributed by atoms with E-state index in [1.54, 1.807) is 6.07 Å². The van der Waals surface area contributed by atoms with Crippen LogP contribution in [0.25, 0.3) is 0 Å². The Labute approximate surface area is 227 Å². The Hall–Kier alpha value is -3.89. The highest BCUT2D eigenvalue weighted by molar-refractivity contribution is 5.94. The van der Waals surface area contributed by atoms with Crippen molar-refractivity contribution in [2.24, 2.45) is 0 Å². The average molecular weight is 543 g/mol. The smallest absolute Gasteiger partial charge is 0.407 e. The van der Waals surface area contributed by atoms with Crippen molar-refractivity contribution in [1.82, 2.24) is 20.9 Å². The summed E-state index contributed by atoms with van der Waals surface area (Å²) in [5, 5.41) is 7.85. The molecule has 11 heteroatoms. The molecule has 1 aromatic heterocycles. The quantitative estimate of drug-likeness (QED) is 0.145. The van der Waals surface area contributed by atoms with E-state index in [9.17, 15) is 24.0 Å². The van der Waals surface area contributed by atoms with Gasteiger partial charge in [-0.25, -0.2) is 9.59 Å². The first kappa shape index (κ1) is 29.7. The van der Waals surface area contributed by atoms with Crippen LogP contribution in [0.15, 0.2) is 35.2 Å². The summed E-state index contributed by atoms with van der Waals surface area (Å²) in [5.41, 5.74) is 1.49. The van der Waals surface area contributed by atoms with Crippen LogP contribution < -0.4 is 21.5 Å². The molecule has 4 N–H and O–H groups in total. The normalized spacial score (nSPS) is 16.9. The van der Waals surface area contributed by atoms with Gasteiger partial charge in [-0.2, -0.15) is 0 Å². The summed E-state index contributed by atoms with van der Waals surface area (Å²) in [6.45, 7) is 0.210. The molecule has 2 aliphatic carbocycles. The fourth-order valence-corrected chi connectivity index (χ4v) is 4.42. The maximum absolute atomic E-state index is 12.3. The summed E-state index contributed by atoms with van der Waals surface area (Å²) in [6.07, 6.45) is 15.0. The van der Waals surface area contributed by atoms with E-state index in [2.05, 4.69) is 33.1 Å². The van der Waals surface area contributed by atoms with Crippen LogP contribution in [-0.4, -0.2) is 61.2 Å². The topological polar surface area (TPSA) is 156 Å². The van der Waals surface area contributed by atoms with Crippen LogP contribution in [0.3, 0.4) is 0 Å². The van der Waals surface area contributed by atoms with Crippen molar-refractivity contribution < 1.29 is 28.7 Å². The van der Waals surface area contributed by atoms with Gasteiger partial charge in [0.1, 0.15) is 11.7 Å². The molecule has 0 saturated carbocycles. The lowest BCUT2D eigenvalue weighted by Gasteiger charge is -2.18. The van der Waals surface area contributed by atoms with Gasteiger partial charge in [0.15, 0.2) is 6.61 Å². The second-order valence-electron chi connectivity index (χ2n) is 9.58. The fraction of sp³-hybridized carbons (Fsp3) is 0.536. The first-order valence-electron chi connectivity index (χ1n) is 13.6. The zero-order valence-corrected chi connectivity index (χ0v) is 22.2. The van der Waals surface area contributed by atoms with Crippen LogP contribution >= 0.6 is 0 Å². The van der Waals surface area contributed by atoms with Crippen LogP contribution in [0.5, 0.6) is 0 Å². The third kappa shape index (κ3) is 10.8. The summed E-state index contributed by atoms with van der Waals surface area (Å²) < 4.78 is 10.3. The van der Waals surface area contributed by atoms with Gasteiger partial charge in [0.25, 0.3) is 17.4 Å². The number of alkyl carbamates (subject to hydrolysis) is 1.